The van der Waals surface area contributed by atoms with Crippen LogP contribution in [0.3, 0.4) is 0 Å². The van der Waals surface area contributed by atoms with Gasteiger partial charge in [0.25, 0.3) is 0 Å². The Balaban J connectivity index is 3.35. The molecule has 5 nitrogen and oxygen atoms in total. The van der Waals surface area contributed by atoms with Crippen molar-refractivity contribution in [2.24, 2.45) is 5.73 Å². The Morgan fingerprint density at radius 3 is 2.21 bits per heavy atom. The molecule has 2 atom stereocenters. The van der Waals surface area contributed by atoms with Crippen LogP contribution in [-0.2, 0) is 0 Å². The highest BCUT2D eigenvalue weighted by Crippen LogP contribution is 2.35. The minimum Gasteiger partial charge on any atom is -0.496 e. The number of benzene rings is 1. The summed E-state index contributed by atoms with van der Waals surface area (Å²) in [5.41, 5.74) is 7.93. The van der Waals surface area contributed by atoms with Gasteiger partial charge in [-0.3, -0.25) is 0 Å². The van der Waals surface area contributed by atoms with Gasteiger partial charge >= 0.3 is 0 Å². The first-order valence-electron chi connectivity index (χ1n) is 6.21. The van der Waals surface area contributed by atoms with Gasteiger partial charge in [-0.25, -0.2) is 0 Å². The van der Waals surface area contributed by atoms with Gasteiger partial charge in [0.15, 0.2) is 0 Å². The lowest BCUT2D eigenvalue weighted by molar-refractivity contribution is 0.178. The molecule has 19 heavy (non-hydrogen) atoms. The number of hydrogen-bond acceptors (Lipinski definition) is 5. The first kappa shape index (κ1) is 15.8. The second kappa shape index (κ2) is 6.75. The largest absolute Gasteiger partial charge is 0.496 e. The summed E-state index contributed by atoms with van der Waals surface area (Å²) in [6.45, 7) is 1.87. The van der Waals surface area contributed by atoms with Crippen molar-refractivity contribution in [2.45, 2.75) is 19.0 Å². The Labute approximate surface area is 114 Å². The highest BCUT2D eigenvalue weighted by atomic mass is 16.5. The summed E-state index contributed by atoms with van der Waals surface area (Å²) < 4.78 is 10.8. The van der Waals surface area contributed by atoms with Gasteiger partial charge < -0.3 is 25.2 Å². The molecule has 0 saturated carbocycles. The van der Waals surface area contributed by atoms with E-state index in [0.717, 1.165) is 22.6 Å². The molecule has 1 aromatic rings. The van der Waals surface area contributed by atoms with Crippen molar-refractivity contribution >= 4 is 0 Å². The third-order valence-corrected chi connectivity index (χ3v) is 3.24. The number of ether oxygens (including phenoxy) is 2. The number of likely N-dealkylation sites (N-methyl/N-ethyl adjacent to an activating group) is 1. The number of methoxy groups -OCH3 is 2. The molecule has 0 fully saturated rings. The van der Waals surface area contributed by atoms with Crippen molar-refractivity contribution in [3.05, 3.63) is 23.3 Å². The molecule has 2 unspecified atom stereocenters. The Morgan fingerprint density at radius 2 is 1.79 bits per heavy atom. The molecule has 0 aliphatic heterocycles. The fourth-order valence-electron chi connectivity index (χ4n) is 2.30. The normalized spacial score (nSPS) is 14.3. The van der Waals surface area contributed by atoms with Crippen LogP contribution < -0.4 is 15.2 Å². The SMILES string of the molecule is COc1cc(C(C(N)CO)N(C)C)c(OC)cc1C. The van der Waals surface area contributed by atoms with Crippen molar-refractivity contribution in [1.29, 1.82) is 0 Å². The van der Waals surface area contributed by atoms with Gasteiger partial charge in [0.2, 0.25) is 0 Å². The topological polar surface area (TPSA) is 68.0 Å². The van der Waals surface area contributed by atoms with Crippen LogP contribution in [0.25, 0.3) is 0 Å². The molecule has 0 aliphatic rings. The molecule has 1 aromatic carbocycles. The monoisotopic (exact) mass is 268 g/mol. The molecule has 0 amide bonds. The van der Waals surface area contributed by atoms with Crippen LogP contribution in [0, 0.1) is 6.92 Å². The summed E-state index contributed by atoms with van der Waals surface area (Å²) in [4.78, 5) is 1.97. The van der Waals surface area contributed by atoms with Crippen molar-refractivity contribution < 1.29 is 14.6 Å². The molecule has 0 aromatic heterocycles. The fraction of sp³-hybridized carbons (Fsp3) is 0.571. The van der Waals surface area contributed by atoms with Gasteiger partial charge in [0.05, 0.1) is 26.9 Å². The summed E-state index contributed by atoms with van der Waals surface area (Å²) in [6, 6.07) is 3.31. The molecule has 0 aliphatic carbocycles. The predicted molar refractivity (Wildman–Crippen MR) is 75.8 cm³/mol. The van der Waals surface area contributed by atoms with Crippen LogP contribution in [-0.4, -0.2) is 51.0 Å². The number of hydrogen-bond donors (Lipinski definition) is 2. The quantitative estimate of drug-likeness (QED) is 0.803. The average Bonchev–Trinajstić information content (AvgIpc) is 2.39. The van der Waals surface area contributed by atoms with Crippen LogP contribution in [0.1, 0.15) is 17.2 Å². The summed E-state index contributed by atoms with van der Waals surface area (Å²) in [5.74, 6) is 1.54. The van der Waals surface area contributed by atoms with Gasteiger partial charge in [0.1, 0.15) is 11.5 Å². The minimum atomic E-state index is -0.392. The number of rotatable bonds is 6. The van der Waals surface area contributed by atoms with Gasteiger partial charge in [-0.15, -0.1) is 0 Å². The Morgan fingerprint density at radius 1 is 1.21 bits per heavy atom. The first-order chi connectivity index (χ1) is 8.96. The molecule has 1 rings (SSSR count). The maximum absolute atomic E-state index is 9.34. The molecule has 0 spiro atoms. The molecule has 0 bridgehead atoms. The van der Waals surface area contributed by atoms with E-state index in [1.165, 1.54) is 0 Å². The smallest absolute Gasteiger partial charge is 0.124 e. The van der Waals surface area contributed by atoms with Crippen LogP contribution in [0.2, 0.25) is 0 Å². The molecule has 5 heteroatoms. The van der Waals surface area contributed by atoms with E-state index < -0.39 is 6.04 Å². The van der Waals surface area contributed by atoms with Gasteiger partial charge in [-0.05, 0) is 38.7 Å². The van der Waals surface area contributed by atoms with Crippen LogP contribution in [0.4, 0.5) is 0 Å². The number of aliphatic hydroxyl groups is 1. The molecule has 0 radical (unpaired) electrons. The van der Waals surface area contributed by atoms with Gasteiger partial charge in [-0.2, -0.15) is 0 Å². The van der Waals surface area contributed by atoms with Crippen molar-refractivity contribution in [3.63, 3.8) is 0 Å². The van der Waals surface area contributed by atoms with Crippen LogP contribution in [0.15, 0.2) is 12.1 Å². The third-order valence-electron chi connectivity index (χ3n) is 3.24. The predicted octanol–water partition coefficient (Wildman–Crippen LogP) is 0.935. The number of nitrogens with two attached hydrogens (primary N) is 1. The summed E-state index contributed by atoms with van der Waals surface area (Å²) in [7, 11) is 7.11. The maximum Gasteiger partial charge on any atom is 0.124 e. The Hall–Kier alpha value is -1.30. The van der Waals surface area contributed by atoms with E-state index in [4.69, 9.17) is 15.2 Å². The van der Waals surface area contributed by atoms with E-state index in [0.29, 0.717) is 0 Å². The van der Waals surface area contributed by atoms with E-state index >= 15 is 0 Å². The van der Waals surface area contributed by atoms with E-state index in [-0.39, 0.29) is 12.6 Å². The second-order valence-corrected chi connectivity index (χ2v) is 4.82. The van der Waals surface area contributed by atoms with Gasteiger partial charge in [-0.1, -0.05) is 0 Å². The van der Waals surface area contributed by atoms with Crippen LogP contribution in [0.5, 0.6) is 11.5 Å². The zero-order chi connectivity index (χ0) is 14.6. The summed E-state index contributed by atoms with van der Waals surface area (Å²) in [5, 5.41) is 9.34. The van der Waals surface area contributed by atoms with Crippen molar-refractivity contribution in [3.8, 4) is 11.5 Å². The van der Waals surface area contributed by atoms with Crippen molar-refractivity contribution in [1.82, 2.24) is 4.90 Å². The number of nitrogens with zero attached hydrogens (tertiary/aromatic N) is 1. The molecular formula is C14H24N2O3. The molecule has 0 heterocycles. The highest BCUT2D eigenvalue weighted by Gasteiger charge is 2.25. The lowest BCUT2D eigenvalue weighted by Crippen LogP contribution is -2.40. The standard InChI is InChI=1S/C14H24N2O3/c1-9-6-13(19-5)10(7-12(9)18-4)14(16(2)3)11(15)8-17/h6-7,11,14,17H,8,15H2,1-5H3. The van der Waals surface area contributed by atoms with E-state index in [1.807, 2.05) is 38.1 Å². The highest BCUT2D eigenvalue weighted by molar-refractivity contribution is 5.47. The summed E-state index contributed by atoms with van der Waals surface area (Å²) >= 11 is 0. The molecule has 0 saturated heterocycles. The molecule has 108 valence electrons. The lowest BCUT2D eigenvalue weighted by Gasteiger charge is -2.31. The van der Waals surface area contributed by atoms with E-state index in [1.54, 1.807) is 14.2 Å². The van der Waals surface area contributed by atoms with E-state index in [2.05, 4.69) is 0 Å². The fourth-order valence-corrected chi connectivity index (χ4v) is 2.30. The van der Waals surface area contributed by atoms with Crippen molar-refractivity contribution in [2.75, 3.05) is 34.9 Å². The lowest BCUT2D eigenvalue weighted by atomic mass is 9.96. The number of aliphatic hydroxyl groups excluding tert-OH is 1. The third kappa shape index (κ3) is 3.37. The maximum atomic E-state index is 9.34. The van der Waals surface area contributed by atoms with E-state index in [9.17, 15) is 5.11 Å². The minimum absolute atomic E-state index is 0.0950. The molecule has 3 N–H and O–H groups in total. The number of aryl methyl sites for hydroxylation is 1. The second-order valence-electron chi connectivity index (χ2n) is 4.82. The van der Waals surface area contributed by atoms with Gasteiger partial charge in [0, 0.05) is 11.6 Å². The average molecular weight is 268 g/mol. The Bertz CT molecular complexity index is 421. The summed E-state index contributed by atoms with van der Waals surface area (Å²) in [6.07, 6.45) is 0. The zero-order valence-electron chi connectivity index (χ0n) is 12.3. The van der Waals surface area contributed by atoms with Crippen LogP contribution >= 0.6 is 0 Å². The Kier molecular flexibility index (Phi) is 5.60. The molecular weight excluding hydrogens is 244 g/mol. The first-order valence-corrected chi connectivity index (χ1v) is 6.21. The zero-order valence-corrected chi connectivity index (χ0v) is 12.3.